The Balaban J connectivity index is 1.61. The second-order valence-electron chi connectivity index (χ2n) is 6.22. The van der Waals surface area contributed by atoms with Gasteiger partial charge in [0.2, 0.25) is 0 Å². The van der Waals surface area contributed by atoms with Gasteiger partial charge in [0, 0.05) is 10.9 Å². The van der Waals surface area contributed by atoms with Crippen LogP contribution in [0.4, 0.5) is 0 Å². The molecule has 26 heavy (non-hydrogen) atoms. The van der Waals surface area contributed by atoms with Gasteiger partial charge in [0.1, 0.15) is 17.9 Å². The molecule has 3 heterocycles. The summed E-state index contributed by atoms with van der Waals surface area (Å²) in [5.41, 5.74) is 1.91. The average molecular weight is 403 g/mol. The number of thiophene rings is 2. The van der Waals surface area contributed by atoms with Crippen LogP contribution in [0.3, 0.4) is 0 Å². The van der Waals surface area contributed by atoms with Gasteiger partial charge in [-0.15, -0.1) is 22.7 Å². The van der Waals surface area contributed by atoms with Crippen molar-refractivity contribution in [2.45, 2.75) is 13.1 Å². The number of quaternary nitrogens is 1. The maximum atomic E-state index is 12.7. The summed E-state index contributed by atoms with van der Waals surface area (Å²) >= 11 is 9.10. The highest BCUT2D eigenvalue weighted by atomic mass is 35.5. The van der Waals surface area contributed by atoms with Crippen molar-refractivity contribution in [3.8, 4) is 11.1 Å². The molecule has 0 fully saturated rings. The molecule has 4 aromatic rings. The first kappa shape index (κ1) is 17.4. The maximum Gasteiger partial charge on any atom is 0.260 e. The summed E-state index contributed by atoms with van der Waals surface area (Å²) in [6.45, 7) is 1.50. The van der Waals surface area contributed by atoms with Crippen LogP contribution in [0.2, 0.25) is 4.34 Å². The molecule has 2 N–H and O–H groups in total. The Hall–Kier alpha value is -1.99. The van der Waals surface area contributed by atoms with Gasteiger partial charge in [-0.3, -0.25) is 4.79 Å². The van der Waals surface area contributed by atoms with Gasteiger partial charge in [-0.2, -0.15) is 0 Å². The molecule has 0 spiro atoms. The minimum atomic E-state index is -0.0722. The highest BCUT2D eigenvalue weighted by Crippen LogP contribution is 2.30. The second kappa shape index (κ2) is 7.32. The summed E-state index contributed by atoms with van der Waals surface area (Å²) in [6, 6.07) is 13.9. The number of nitrogens with one attached hydrogen (secondary N) is 2. The topological polar surface area (TPSA) is 50.2 Å². The molecule has 0 radical (unpaired) electrons. The number of aromatic nitrogens is 2. The quantitative estimate of drug-likeness (QED) is 0.536. The van der Waals surface area contributed by atoms with Crippen LogP contribution in [0.5, 0.6) is 0 Å². The Morgan fingerprint density at radius 1 is 1.15 bits per heavy atom. The van der Waals surface area contributed by atoms with Gasteiger partial charge >= 0.3 is 0 Å². The summed E-state index contributed by atoms with van der Waals surface area (Å²) in [6.07, 6.45) is 0. The van der Waals surface area contributed by atoms with Crippen LogP contribution in [0.15, 0.2) is 52.6 Å². The van der Waals surface area contributed by atoms with Crippen LogP contribution >= 0.6 is 34.3 Å². The van der Waals surface area contributed by atoms with Crippen LogP contribution in [0, 0.1) is 0 Å². The Labute approximate surface area is 163 Å². The SMILES string of the molecule is C[NH+](Cc1nc2scc(-c3ccccc3)c2c(=O)[nH]1)Cc1ccc(Cl)s1. The van der Waals surface area contributed by atoms with Crippen molar-refractivity contribution in [3.63, 3.8) is 0 Å². The lowest BCUT2D eigenvalue weighted by Crippen LogP contribution is -3.06. The molecule has 0 aliphatic heterocycles. The first-order chi connectivity index (χ1) is 12.6. The number of benzene rings is 1. The lowest BCUT2D eigenvalue weighted by molar-refractivity contribution is -0.908. The Kier molecular flexibility index (Phi) is 4.91. The van der Waals surface area contributed by atoms with E-state index < -0.39 is 0 Å². The predicted octanol–water partition coefficient (Wildman–Crippen LogP) is 3.58. The molecule has 0 aliphatic carbocycles. The van der Waals surface area contributed by atoms with E-state index in [1.165, 1.54) is 21.1 Å². The minimum absolute atomic E-state index is 0.0722. The normalized spacial score (nSPS) is 12.5. The molecule has 4 rings (SSSR count). The fourth-order valence-electron chi connectivity index (χ4n) is 3.00. The predicted molar refractivity (Wildman–Crippen MR) is 109 cm³/mol. The van der Waals surface area contributed by atoms with Crippen molar-refractivity contribution in [1.82, 2.24) is 9.97 Å². The first-order valence-corrected chi connectivity index (χ1v) is 10.3. The molecule has 0 aliphatic rings. The number of hydrogen-bond donors (Lipinski definition) is 2. The number of aromatic amines is 1. The largest absolute Gasteiger partial charge is 0.327 e. The summed E-state index contributed by atoms with van der Waals surface area (Å²) in [4.78, 5) is 23.6. The van der Waals surface area contributed by atoms with Crippen molar-refractivity contribution in [1.29, 1.82) is 0 Å². The van der Waals surface area contributed by atoms with E-state index >= 15 is 0 Å². The third-order valence-corrected chi connectivity index (χ3v) is 6.26. The number of hydrogen-bond acceptors (Lipinski definition) is 4. The van der Waals surface area contributed by atoms with Crippen molar-refractivity contribution < 1.29 is 4.90 Å². The van der Waals surface area contributed by atoms with Crippen LogP contribution < -0.4 is 10.5 Å². The molecule has 4 nitrogen and oxygen atoms in total. The third kappa shape index (κ3) is 3.59. The molecule has 1 unspecified atom stereocenters. The van der Waals surface area contributed by atoms with Gasteiger partial charge in [-0.1, -0.05) is 41.9 Å². The van der Waals surface area contributed by atoms with Gasteiger partial charge in [0.05, 0.1) is 21.6 Å². The smallest absolute Gasteiger partial charge is 0.260 e. The summed E-state index contributed by atoms with van der Waals surface area (Å²) in [5.74, 6) is 0.712. The van der Waals surface area contributed by atoms with Gasteiger partial charge in [-0.05, 0) is 17.7 Å². The Morgan fingerprint density at radius 3 is 2.69 bits per heavy atom. The molecule has 0 bridgehead atoms. The molecule has 0 saturated carbocycles. The van der Waals surface area contributed by atoms with Crippen LogP contribution in [0.25, 0.3) is 21.3 Å². The van der Waals surface area contributed by atoms with E-state index in [0.29, 0.717) is 17.8 Å². The van der Waals surface area contributed by atoms with E-state index in [2.05, 4.69) is 17.0 Å². The molecule has 1 aromatic carbocycles. The summed E-state index contributed by atoms with van der Waals surface area (Å²) in [7, 11) is 2.08. The van der Waals surface area contributed by atoms with E-state index in [1.807, 2.05) is 47.8 Å². The molecule has 132 valence electrons. The fourth-order valence-corrected chi connectivity index (χ4v) is 5.17. The first-order valence-electron chi connectivity index (χ1n) is 8.21. The van der Waals surface area contributed by atoms with Gasteiger partial charge in [0.25, 0.3) is 5.56 Å². The number of halogens is 1. The van der Waals surface area contributed by atoms with Gasteiger partial charge in [0.15, 0.2) is 5.82 Å². The molecule has 0 amide bonds. The van der Waals surface area contributed by atoms with E-state index in [1.54, 1.807) is 11.3 Å². The van der Waals surface area contributed by atoms with E-state index in [0.717, 1.165) is 26.8 Å². The lowest BCUT2D eigenvalue weighted by atomic mass is 10.1. The molecule has 7 heteroatoms. The van der Waals surface area contributed by atoms with Crippen LogP contribution in [0.1, 0.15) is 10.7 Å². The van der Waals surface area contributed by atoms with Crippen molar-refractivity contribution in [3.05, 3.63) is 73.2 Å². The van der Waals surface area contributed by atoms with Crippen LogP contribution in [-0.2, 0) is 13.1 Å². The minimum Gasteiger partial charge on any atom is -0.327 e. The highest BCUT2D eigenvalue weighted by molar-refractivity contribution is 7.17. The van der Waals surface area contributed by atoms with Crippen molar-refractivity contribution in [2.24, 2.45) is 0 Å². The standard InChI is InChI=1S/C19H16ClN3OS2/c1-23(9-13-7-8-15(20)26-13)10-16-21-18(24)17-14(11-25-19(17)22-16)12-5-3-2-4-6-12/h2-8,11H,9-10H2,1H3,(H,21,22,24)/p+1. The fraction of sp³-hybridized carbons (Fsp3) is 0.158. The second-order valence-corrected chi connectivity index (χ2v) is 8.88. The van der Waals surface area contributed by atoms with Gasteiger partial charge in [-0.25, -0.2) is 4.98 Å². The Morgan fingerprint density at radius 2 is 1.96 bits per heavy atom. The van der Waals surface area contributed by atoms with Gasteiger partial charge < -0.3 is 9.88 Å². The maximum absolute atomic E-state index is 12.7. The summed E-state index contributed by atoms with van der Waals surface area (Å²) < 4.78 is 0.799. The summed E-state index contributed by atoms with van der Waals surface area (Å²) in [5, 5.41) is 2.68. The molecule has 0 saturated heterocycles. The highest BCUT2D eigenvalue weighted by Gasteiger charge is 2.15. The van der Waals surface area contributed by atoms with E-state index in [4.69, 9.17) is 11.6 Å². The molecule has 1 atom stereocenters. The number of fused-ring (bicyclic) bond motifs is 1. The molecule has 3 aromatic heterocycles. The van der Waals surface area contributed by atoms with E-state index in [-0.39, 0.29) is 5.56 Å². The Bertz CT molecular complexity index is 1100. The monoisotopic (exact) mass is 402 g/mol. The molecular formula is C19H17ClN3OS2+. The van der Waals surface area contributed by atoms with Crippen molar-refractivity contribution >= 4 is 44.5 Å². The van der Waals surface area contributed by atoms with Crippen LogP contribution in [-0.4, -0.2) is 17.0 Å². The van der Waals surface area contributed by atoms with E-state index in [9.17, 15) is 4.79 Å². The lowest BCUT2D eigenvalue weighted by Gasteiger charge is -2.12. The van der Waals surface area contributed by atoms with Crippen molar-refractivity contribution in [2.75, 3.05) is 7.05 Å². The zero-order valence-corrected chi connectivity index (χ0v) is 16.5. The number of H-pyrrole nitrogens is 1. The zero-order valence-electron chi connectivity index (χ0n) is 14.1. The third-order valence-electron chi connectivity index (χ3n) is 4.15. The zero-order chi connectivity index (χ0) is 18.1. The average Bonchev–Trinajstić information content (AvgIpc) is 3.22. The number of nitrogens with zero attached hydrogens (tertiary/aromatic N) is 1. The number of rotatable bonds is 5. The molecular weight excluding hydrogens is 386 g/mol.